The Balaban J connectivity index is 1.93. The Bertz CT molecular complexity index is 660. The Morgan fingerprint density at radius 2 is 1.83 bits per heavy atom. The summed E-state index contributed by atoms with van der Waals surface area (Å²) in [7, 11) is 0. The number of rotatable bonds is 5. The molecule has 3 rings (SSSR count). The van der Waals surface area contributed by atoms with E-state index in [0.717, 1.165) is 13.0 Å². The fourth-order valence-electron chi connectivity index (χ4n) is 3.61. The van der Waals surface area contributed by atoms with E-state index in [2.05, 4.69) is 54.6 Å². The van der Waals surface area contributed by atoms with Crippen LogP contribution in [0.2, 0.25) is 0 Å². The van der Waals surface area contributed by atoms with Gasteiger partial charge in [0.15, 0.2) is 0 Å². The van der Waals surface area contributed by atoms with Gasteiger partial charge in [-0.1, -0.05) is 26.8 Å². The number of hydrogen-bond donors (Lipinski definition) is 1. The van der Waals surface area contributed by atoms with Gasteiger partial charge in [0.1, 0.15) is 0 Å². The van der Waals surface area contributed by atoms with E-state index in [1.807, 2.05) is 0 Å². The van der Waals surface area contributed by atoms with Crippen LogP contribution >= 0.6 is 0 Å². The number of aliphatic hydroxyl groups is 1. The third-order valence-corrected chi connectivity index (χ3v) is 5.07. The molecule has 1 N–H and O–H groups in total. The molecule has 2 heterocycles. The molecule has 0 amide bonds. The molecule has 1 aliphatic rings. The molecule has 3 heteroatoms. The molecule has 0 radical (unpaired) electrons. The SMILES string of the molecule is CC(C)(C)c1ccc2c(c1)c(CCN1CCCC1)cn2CCO. The molecule has 0 aliphatic carbocycles. The largest absolute Gasteiger partial charge is 0.395 e. The monoisotopic (exact) mass is 314 g/mol. The maximum absolute atomic E-state index is 9.35. The van der Waals surface area contributed by atoms with Crippen LogP contribution in [0.15, 0.2) is 24.4 Å². The van der Waals surface area contributed by atoms with Crippen molar-refractivity contribution in [3.63, 3.8) is 0 Å². The van der Waals surface area contributed by atoms with Gasteiger partial charge in [0.2, 0.25) is 0 Å². The van der Waals surface area contributed by atoms with Gasteiger partial charge in [-0.3, -0.25) is 0 Å². The fraction of sp³-hybridized carbons (Fsp3) is 0.600. The van der Waals surface area contributed by atoms with Crippen LogP contribution < -0.4 is 0 Å². The number of aliphatic hydroxyl groups excluding tert-OH is 1. The Morgan fingerprint density at radius 1 is 1.09 bits per heavy atom. The molecule has 1 fully saturated rings. The predicted molar refractivity (Wildman–Crippen MR) is 97.1 cm³/mol. The standard InChI is InChI=1S/C20H30N2O/c1-20(2,3)17-6-7-19-18(14-17)16(15-22(19)12-13-23)8-11-21-9-4-5-10-21/h6-7,14-15,23H,4-5,8-13H2,1-3H3. The van der Waals surface area contributed by atoms with Gasteiger partial charge >= 0.3 is 0 Å². The summed E-state index contributed by atoms with van der Waals surface area (Å²) in [6.07, 6.45) is 6.05. The normalized spacial score (nSPS) is 16.5. The number of hydrogen-bond acceptors (Lipinski definition) is 2. The van der Waals surface area contributed by atoms with E-state index in [0.29, 0.717) is 6.54 Å². The average Bonchev–Trinajstić information content (AvgIpc) is 3.12. The quantitative estimate of drug-likeness (QED) is 0.914. The van der Waals surface area contributed by atoms with Crippen LogP contribution in [-0.2, 0) is 18.4 Å². The molecular weight excluding hydrogens is 284 g/mol. The van der Waals surface area contributed by atoms with Crippen molar-refractivity contribution in [2.45, 2.75) is 52.0 Å². The van der Waals surface area contributed by atoms with E-state index in [-0.39, 0.29) is 12.0 Å². The van der Waals surface area contributed by atoms with Gasteiger partial charge in [-0.05, 0) is 61.0 Å². The Labute approximate surface area is 139 Å². The van der Waals surface area contributed by atoms with Gasteiger partial charge in [0, 0.05) is 30.2 Å². The summed E-state index contributed by atoms with van der Waals surface area (Å²) < 4.78 is 2.21. The minimum Gasteiger partial charge on any atom is -0.395 e. The van der Waals surface area contributed by atoms with Gasteiger partial charge < -0.3 is 14.6 Å². The highest BCUT2D eigenvalue weighted by Gasteiger charge is 2.17. The first-order valence-corrected chi connectivity index (χ1v) is 8.94. The molecule has 1 aromatic heterocycles. The van der Waals surface area contributed by atoms with E-state index in [1.165, 1.54) is 48.0 Å². The number of nitrogens with zero attached hydrogens (tertiary/aromatic N) is 2. The summed E-state index contributed by atoms with van der Waals surface area (Å²) >= 11 is 0. The summed E-state index contributed by atoms with van der Waals surface area (Å²) in [5.41, 5.74) is 4.23. The molecular formula is C20H30N2O. The topological polar surface area (TPSA) is 28.4 Å². The van der Waals surface area contributed by atoms with Gasteiger partial charge in [-0.15, -0.1) is 0 Å². The van der Waals surface area contributed by atoms with Crippen LogP contribution in [-0.4, -0.2) is 40.8 Å². The molecule has 1 saturated heterocycles. The maximum Gasteiger partial charge on any atom is 0.0610 e. The molecule has 3 nitrogen and oxygen atoms in total. The fourth-order valence-corrected chi connectivity index (χ4v) is 3.61. The Morgan fingerprint density at radius 3 is 2.48 bits per heavy atom. The van der Waals surface area contributed by atoms with Crippen molar-refractivity contribution in [1.82, 2.24) is 9.47 Å². The number of likely N-dealkylation sites (tertiary alicyclic amines) is 1. The van der Waals surface area contributed by atoms with Gasteiger partial charge in [-0.2, -0.15) is 0 Å². The molecule has 1 aromatic carbocycles. The molecule has 0 unspecified atom stereocenters. The van der Waals surface area contributed by atoms with Gasteiger partial charge in [-0.25, -0.2) is 0 Å². The summed E-state index contributed by atoms with van der Waals surface area (Å²) in [6, 6.07) is 6.83. The summed E-state index contributed by atoms with van der Waals surface area (Å²) in [6.45, 7) is 11.3. The van der Waals surface area contributed by atoms with Crippen molar-refractivity contribution < 1.29 is 5.11 Å². The highest BCUT2D eigenvalue weighted by atomic mass is 16.3. The van der Waals surface area contributed by atoms with Crippen molar-refractivity contribution in [3.8, 4) is 0 Å². The third-order valence-electron chi connectivity index (χ3n) is 5.07. The number of benzene rings is 1. The van der Waals surface area contributed by atoms with Crippen molar-refractivity contribution in [1.29, 1.82) is 0 Å². The molecule has 126 valence electrons. The Hall–Kier alpha value is -1.32. The first-order chi connectivity index (χ1) is 11.0. The van der Waals surface area contributed by atoms with Crippen molar-refractivity contribution in [2.24, 2.45) is 0 Å². The van der Waals surface area contributed by atoms with E-state index in [4.69, 9.17) is 0 Å². The summed E-state index contributed by atoms with van der Waals surface area (Å²) in [4.78, 5) is 2.57. The molecule has 0 atom stereocenters. The van der Waals surface area contributed by atoms with Gasteiger partial charge in [0.05, 0.1) is 6.61 Å². The van der Waals surface area contributed by atoms with E-state index in [9.17, 15) is 5.11 Å². The minimum atomic E-state index is 0.166. The molecule has 2 aromatic rings. The number of fused-ring (bicyclic) bond motifs is 1. The second-order valence-corrected chi connectivity index (χ2v) is 7.85. The molecule has 0 spiro atoms. The lowest BCUT2D eigenvalue weighted by Crippen LogP contribution is -2.21. The molecule has 0 bridgehead atoms. The second-order valence-electron chi connectivity index (χ2n) is 7.85. The van der Waals surface area contributed by atoms with Crippen molar-refractivity contribution in [3.05, 3.63) is 35.5 Å². The minimum absolute atomic E-state index is 0.166. The van der Waals surface area contributed by atoms with Crippen LogP contribution in [0.3, 0.4) is 0 Å². The lowest BCUT2D eigenvalue weighted by Gasteiger charge is -2.19. The first-order valence-electron chi connectivity index (χ1n) is 8.94. The molecule has 23 heavy (non-hydrogen) atoms. The van der Waals surface area contributed by atoms with Gasteiger partial charge in [0.25, 0.3) is 0 Å². The highest BCUT2D eigenvalue weighted by Crippen LogP contribution is 2.29. The van der Waals surface area contributed by atoms with Crippen LogP contribution in [0, 0.1) is 0 Å². The van der Waals surface area contributed by atoms with Crippen molar-refractivity contribution >= 4 is 10.9 Å². The van der Waals surface area contributed by atoms with E-state index < -0.39 is 0 Å². The van der Waals surface area contributed by atoms with Crippen molar-refractivity contribution in [2.75, 3.05) is 26.2 Å². The van der Waals surface area contributed by atoms with Crippen LogP contribution in [0.25, 0.3) is 10.9 Å². The molecule has 0 saturated carbocycles. The van der Waals surface area contributed by atoms with E-state index in [1.54, 1.807) is 0 Å². The predicted octanol–water partition coefficient (Wildman–Crippen LogP) is 3.57. The zero-order valence-electron chi connectivity index (χ0n) is 14.8. The van der Waals surface area contributed by atoms with Crippen LogP contribution in [0.4, 0.5) is 0 Å². The second kappa shape index (κ2) is 6.66. The smallest absolute Gasteiger partial charge is 0.0610 e. The van der Waals surface area contributed by atoms with Crippen LogP contribution in [0.1, 0.15) is 44.7 Å². The highest BCUT2D eigenvalue weighted by molar-refractivity contribution is 5.85. The zero-order chi connectivity index (χ0) is 16.4. The number of aromatic nitrogens is 1. The molecule has 1 aliphatic heterocycles. The average molecular weight is 314 g/mol. The zero-order valence-corrected chi connectivity index (χ0v) is 14.8. The summed E-state index contributed by atoms with van der Waals surface area (Å²) in [5, 5.41) is 10.7. The van der Waals surface area contributed by atoms with Crippen LogP contribution in [0.5, 0.6) is 0 Å². The maximum atomic E-state index is 9.35. The lowest BCUT2D eigenvalue weighted by molar-refractivity contribution is 0.278. The first kappa shape index (κ1) is 16.5. The third kappa shape index (κ3) is 3.61. The van der Waals surface area contributed by atoms with E-state index >= 15 is 0 Å². The Kier molecular flexibility index (Phi) is 4.79. The summed E-state index contributed by atoms with van der Waals surface area (Å²) in [5.74, 6) is 0. The lowest BCUT2D eigenvalue weighted by atomic mass is 9.86.